The SMILES string of the molecule is C.CC(=O)Cc1cc2c3c(c1)c(C1=C(c4cnc5ccccn45)C(=O)CC1=O)cn3CCN(C(=O)N1CCCCC1)C2.CC(N)=O.O=C1CC(=O)C(c2cnc3ccccn23)=C1c1cn2c3c(cc(Br)cc13)CN(C(=O)N1CCCCC1)CC2. The summed E-state index contributed by atoms with van der Waals surface area (Å²) in [5, 5.41) is 1.74. The molecule has 6 aromatic heterocycles. The van der Waals surface area contributed by atoms with Gasteiger partial charge in [0.2, 0.25) is 5.91 Å². The number of carbonyl (C=O) groups excluding carboxylic acids is 8. The van der Waals surface area contributed by atoms with Crippen LogP contribution in [0.15, 0.2) is 102 Å². The van der Waals surface area contributed by atoms with Crippen LogP contribution in [0.5, 0.6) is 0 Å². The number of carbonyl (C=O) groups is 8. The summed E-state index contributed by atoms with van der Waals surface area (Å²) in [7, 11) is 0. The van der Waals surface area contributed by atoms with Crippen LogP contribution in [-0.2, 0) is 61.4 Å². The quantitative estimate of drug-likeness (QED) is 0.155. The van der Waals surface area contributed by atoms with E-state index in [0.29, 0.717) is 84.2 Å². The molecule has 0 radical (unpaired) electrons. The number of likely N-dealkylation sites (tertiary alicyclic amines) is 2. The number of allylic oxidation sites excluding steroid dienone is 4. The second-order valence-corrected chi connectivity index (χ2v) is 23.2. The molecule has 6 aliphatic rings. The highest BCUT2D eigenvalue weighted by atomic mass is 79.9. The standard InChI is InChI=1S/C32H31N5O4.C29H26BrN5O3.C2H5NO.CH4/c1-20(38)13-21-14-22-18-36(32(41)34-8-4-2-5-9-34)12-11-35-19-24(23(15-21)31(22)35)29-26(39)16-27(40)30(29)25-17-33-28-7-3-6-10-37(25)28;30-19-12-18-16-34(29(38)32-7-3-1-4-8-32)11-10-33-17-21(20(13-19)28(18)33)26-23(36)14-24(37)27(26)22-15-31-25-6-2-5-9-35(22)25;1-2(3)4;/h3,6-7,10,14-15,17,19H,2,4-5,8-9,11-13,16,18H2,1H3;2,5-6,9,12-13,15,17H,1,3-4,7-8,10-11,14,16H2;1H3,(H2,3,4);1H4. The highest BCUT2D eigenvalue weighted by molar-refractivity contribution is 9.10. The van der Waals surface area contributed by atoms with Crippen molar-refractivity contribution in [3.05, 3.63) is 142 Å². The van der Waals surface area contributed by atoms with Crippen LogP contribution in [-0.4, -0.2) is 134 Å². The van der Waals surface area contributed by atoms with E-state index in [4.69, 9.17) is 0 Å². The molecule has 2 fully saturated rings. The molecule has 10 heterocycles. The number of amides is 5. The van der Waals surface area contributed by atoms with E-state index in [1.165, 1.54) is 13.3 Å². The van der Waals surface area contributed by atoms with Crippen LogP contribution in [0.3, 0.4) is 0 Å². The Bertz CT molecular complexity index is 4120. The zero-order valence-corrected chi connectivity index (χ0v) is 48.0. The van der Waals surface area contributed by atoms with Gasteiger partial charge in [0.1, 0.15) is 17.1 Å². The normalized spacial score (nSPS) is 17.2. The third-order valence-electron chi connectivity index (χ3n) is 16.5. The zero-order chi connectivity index (χ0) is 57.8. The van der Waals surface area contributed by atoms with E-state index in [-0.39, 0.29) is 73.6 Å². The van der Waals surface area contributed by atoms with E-state index < -0.39 is 0 Å². The van der Waals surface area contributed by atoms with Gasteiger partial charge in [0, 0.05) is 141 Å². The van der Waals surface area contributed by atoms with Crippen LogP contribution in [0.25, 0.3) is 55.4 Å². The molecule has 5 amide bonds. The van der Waals surface area contributed by atoms with Crippen LogP contribution in [0, 0.1) is 0 Å². The second-order valence-electron chi connectivity index (χ2n) is 22.3. The van der Waals surface area contributed by atoms with Gasteiger partial charge in [-0.05, 0) is 105 Å². The Morgan fingerprint density at radius 1 is 0.536 bits per heavy atom. The Labute approximate surface area is 493 Å². The topological polar surface area (TPSA) is 220 Å². The number of nitrogens with zero attached hydrogens (tertiary/aromatic N) is 10. The summed E-state index contributed by atoms with van der Waals surface area (Å²) in [5.41, 5.74) is 15.0. The van der Waals surface area contributed by atoms with Gasteiger partial charge in [-0.25, -0.2) is 19.6 Å². The van der Waals surface area contributed by atoms with Crippen LogP contribution < -0.4 is 5.73 Å². The molecule has 4 aliphatic heterocycles. The summed E-state index contributed by atoms with van der Waals surface area (Å²) in [4.78, 5) is 118. The summed E-state index contributed by atoms with van der Waals surface area (Å²) in [6.45, 7) is 9.27. The molecule has 0 saturated carbocycles. The van der Waals surface area contributed by atoms with E-state index in [1.54, 1.807) is 19.3 Å². The first-order chi connectivity index (χ1) is 40.1. The highest BCUT2D eigenvalue weighted by Gasteiger charge is 2.39. The Hall–Kier alpha value is -8.78. The van der Waals surface area contributed by atoms with E-state index in [0.717, 1.165) is 112 Å². The molecule has 2 saturated heterocycles. The number of Topliss-reactive ketones (excluding diaryl/α,β-unsaturated/α-hetero) is 5. The lowest BCUT2D eigenvalue weighted by Crippen LogP contribution is -2.45. The Morgan fingerprint density at radius 3 is 1.42 bits per heavy atom. The number of primary amides is 1. The van der Waals surface area contributed by atoms with Crippen molar-refractivity contribution in [2.75, 3.05) is 39.3 Å². The van der Waals surface area contributed by atoms with Crippen molar-refractivity contribution in [2.45, 2.75) is 105 Å². The van der Waals surface area contributed by atoms with Gasteiger partial charge in [-0.2, -0.15) is 0 Å². The summed E-state index contributed by atoms with van der Waals surface area (Å²) in [5.74, 6) is -1.09. The van der Waals surface area contributed by atoms with Crippen molar-refractivity contribution in [1.82, 2.24) is 47.5 Å². The molecule has 432 valence electrons. The summed E-state index contributed by atoms with van der Waals surface area (Å²) < 4.78 is 8.83. The maximum atomic E-state index is 13.5. The molecule has 14 rings (SSSR count). The highest BCUT2D eigenvalue weighted by Crippen LogP contribution is 2.44. The third-order valence-corrected chi connectivity index (χ3v) is 16.9. The second kappa shape index (κ2) is 23.5. The lowest BCUT2D eigenvalue weighted by molar-refractivity contribution is -0.121. The van der Waals surface area contributed by atoms with E-state index in [2.05, 4.69) is 46.8 Å². The summed E-state index contributed by atoms with van der Waals surface area (Å²) in [6.07, 6.45) is 17.4. The van der Waals surface area contributed by atoms with Gasteiger partial charge in [-0.15, -0.1) is 0 Å². The molecule has 20 heteroatoms. The minimum Gasteiger partial charge on any atom is -0.370 e. The molecule has 19 nitrogen and oxygen atoms in total. The molecule has 2 aromatic carbocycles. The number of pyridine rings is 2. The van der Waals surface area contributed by atoms with Gasteiger partial charge in [0.25, 0.3) is 0 Å². The number of piperidine rings is 2. The van der Waals surface area contributed by atoms with Gasteiger partial charge in [0.05, 0.1) is 58.8 Å². The summed E-state index contributed by atoms with van der Waals surface area (Å²) in [6, 6.07) is 19.5. The minimum absolute atomic E-state index is 0. The molecule has 0 unspecified atom stereocenters. The van der Waals surface area contributed by atoms with Crippen LogP contribution in [0.2, 0.25) is 0 Å². The lowest BCUT2D eigenvalue weighted by Gasteiger charge is -2.32. The smallest absolute Gasteiger partial charge is 0.320 e. The number of ketones is 5. The van der Waals surface area contributed by atoms with Crippen molar-refractivity contribution in [1.29, 1.82) is 0 Å². The van der Waals surface area contributed by atoms with Crippen molar-refractivity contribution < 1.29 is 38.4 Å². The molecule has 0 spiro atoms. The fraction of sp³-hybridized carbons (Fsp3) is 0.344. The molecule has 8 aromatic rings. The zero-order valence-electron chi connectivity index (χ0n) is 46.4. The maximum absolute atomic E-state index is 13.5. The van der Waals surface area contributed by atoms with Gasteiger partial charge in [-0.1, -0.05) is 41.6 Å². The average molecular weight is 1200 g/mol. The number of nitrogens with two attached hydrogens (primary N) is 1. The van der Waals surface area contributed by atoms with E-state index in [9.17, 15) is 38.4 Å². The van der Waals surface area contributed by atoms with Crippen LogP contribution in [0.1, 0.15) is 112 Å². The van der Waals surface area contributed by atoms with Gasteiger partial charge < -0.3 is 34.5 Å². The third kappa shape index (κ3) is 10.7. The number of hydrogen-bond acceptors (Lipinski definition) is 10. The Morgan fingerprint density at radius 2 is 0.964 bits per heavy atom. The number of halogens is 1. The fourth-order valence-corrected chi connectivity index (χ4v) is 13.4. The molecule has 0 atom stereocenters. The number of hydrogen-bond donors (Lipinski definition) is 1. The predicted molar refractivity (Wildman–Crippen MR) is 323 cm³/mol. The van der Waals surface area contributed by atoms with Crippen LogP contribution in [0.4, 0.5) is 9.59 Å². The van der Waals surface area contributed by atoms with Gasteiger partial charge >= 0.3 is 12.1 Å². The summed E-state index contributed by atoms with van der Waals surface area (Å²) >= 11 is 3.67. The van der Waals surface area contributed by atoms with Crippen molar-refractivity contribution >= 4 is 118 Å². The van der Waals surface area contributed by atoms with Crippen LogP contribution >= 0.6 is 15.9 Å². The lowest BCUT2D eigenvalue weighted by atomic mass is 9.95. The van der Waals surface area contributed by atoms with Crippen molar-refractivity contribution in [2.24, 2.45) is 5.73 Å². The van der Waals surface area contributed by atoms with Gasteiger partial charge in [-0.3, -0.25) is 37.6 Å². The minimum atomic E-state index is -0.333. The molecule has 0 bridgehead atoms. The number of fused-ring (bicyclic) bond motifs is 2. The fourth-order valence-electron chi connectivity index (χ4n) is 12.9. The number of benzene rings is 2. The van der Waals surface area contributed by atoms with Crippen molar-refractivity contribution in [3.63, 3.8) is 0 Å². The number of aromatic nitrogens is 6. The van der Waals surface area contributed by atoms with E-state index >= 15 is 0 Å². The first-order valence-electron chi connectivity index (χ1n) is 28.4. The molecule has 2 aliphatic carbocycles. The van der Waals surface area contributed by atoms with Crippen molar-refractivity contribution in [3.8, 4) is 0 Å². The van der Waals surface area contributed by atoms with E-state index in [1.807, 2.05) is 108 Å². The Balaban J connectivity index is 0.000000163. The Kier molecular flexibility index (Phi) is 15.9. The molecular formula is C64H66BrN11O8. The first-order valence-corrected chi connectivity index (χ1v) is 29.2. The monoisotopic (exact) mass is 1200 g/mol. The van der Waals surface area contributed by atoms with Gasteiger partial charge in [0.15, 0.2) is 23.1 Å². The molecule has 2 N–H and O–H groups in total. The number of imidazole rings is 2. The average Bonchev–Trinajstić information content (AvgIpc) is 2.18. The predicted octanol–water partition coefficient (Wildman–Crippen LogP) is 9.35. The molecular weight excluding hydrogens is 1130 g/mol. The first kappa shape index (κ1) is 57.1. The maximum Gasteiger partial charge on any atom is 0.320 e. The largest absolute Gasteiger partial charge is 0.370 e. The molecule has 84 heavy (non-hydrogen) atoms. The number of urea groups is 2. The number of rotatable bonds is 6.